The minimum atomic E-state index is 0.00866. The van der Waals surface area contributed by atoms with Gasteiger partial charge in [0.2, 0.25) is 0 Å². The van der Waals surface area contributed by atoms with Crippen LogP contribution in [0.5, 0.6) is 0 Å². The fraction of sp³-hybridized carbons (Fsp3) is 1.00. The maximum atomic E-state index is 9.56. The average molecular weight is 170 g/mol. The van der Waals surface area contributed by atoms with Gasteiger partial charge in [-0.3, -0.25) is 0 Å². The van der Waals surface area contributed by atoms with Crippen LogP contribution >= 0.6 is 0 Å². The first-order chi connectivity index (χ1) is 5.83. The normalized spacial score (nSPS) is 31.5. The molecule has 1 saturated carbocycles. The highest BCUT2D eigenvalue weighted by molar-refractivity contribution is 4.70. The molecule has 1 heteroatoms. The molecule has 2 unspecified atom stereocenters. The molecule has 12 heavy (non-hydrogen) atoms. The molecule has 0 spiro atoms. The molecular formula is C11H22O. The molecule has 2 atom stereocenters. The summed E-state index contributed by atoms with van der Waals surface area (Å²) in [6.45, 7) is 2.24. The first kappa shape index (κ1) is 10.0. The van der Waals surface area contributed by atoms with Gasteiger partial charge in [0.05, 0.1) is 6.10 Å². The van der Waals surface area contributed by atoms with Crippen LogP contribution in [-0.2, 0) is 0 Å². The first-order valence-corrected chi connectivity index (χ1v) is 5.51. The molecule has 1 fully saturated rings. The predicted octanol–water partition coefficient (Wildman–Crippen LogP) is 3.12. The van der Waals surface area contributed by atoms with Gasteiger partial charge in [-0.05, 0) is 18.8 Å². The van der Waals surface area contributed by atoms with E-state index < -0.39 is 0 Å². The van der Waals surface area contributed by atoms with Crippen molar-refractivity contribution in [3.05, 3.63) is 0 Å². The van der Waals surface area contributed by atoms with Crippen LogP contribution in [0.4, 0.5) is 0 Å². The van der Waals surface area contributed by atoms with E-state index in [1.165, 1.54) is 38.5 Å². The lowest BCUT2D eigenvalue weighted by Crippen LogP contribution is -2.10. The van der Waals surface area contributed by atoms with E-state index in [9.17, 15) is 5.11 Å². The van der Waals surface area contributed by atoms with Crippen molar-refractivity contribution < 1.29 is 5.11 Å². The lowest BCUT2D eigenvalue weighted by atomic mass is 9.93. The molecule has 0 bridgehead atoms. The zero-order valence-electron chi connectivity index (χ0n) is 8.26. The van der Waals surface area contributed by atoms with Crippen LogP contribution in [0, 0.1) is 5.92 Å². The van der Waals surface area contributed by atoms with Crippen LogP contribution in [0.1, 0.15) is 58.3 Å². The summed E-state index contributed by atoms with van der Waals surface area (Å²) in [4.78, 5) is 0. The Balaban J connectivity index is 2.21. The standard InChI is InChI=1S/C11H22O/c1-2-3-6-10-7-4-5-8-11(12)9-10/h10-12H,2-9H2,1H3. The Hall–Kier alpha value is -0.0400. The molecule has 1 N–H and O–H groups in total. The molecule has 1 nitrogen and oxygen atoms in total. The largest absolute Gasteiger partial charge is 0.393 e. The number of unbranched alkanes of at least 4 members (excludes halogenated alkanes) is 1. The Morgan fingerprint density at radius 3 is 2.75 bits per heavy atom. The minimum absolute atomic E-state index is 0.00866. The van der Waals surface area contributed by atoms with Crippen molar-refractivity contribution in [3.8, 4) is 0 Å². The summed E-state index contributed by atoms with van der Waals surface area (Å²) in [5, 5.41) is 9.56. The van der Waals surface area contributed by atoms with Gasteiger partial charge < -0.3 is 5.11 Å². The number of aliphatic hydroxyl groups excluding tert-OH is 1. The van der Waals surface area contributed by atoms with Crippen molar-refractivity contribution in [2.45, 2.75) is 64.4 Å². The van der Waals surface area contributed by atoms with Crippen molar-refractivity contribution in [2.24, 2.45) is 5.92 Å². The molecule has 0 aromatic rings. The number of hydrogen-bond acceptors (Lipinski definition) is 1. The molecule has 1 aliphatic rings. The van der Waals surface area contributed by atoms with Crippen LogP contribution < -0.4 is 0 Å². The molecule has 0 aromatic heterocycles. The third kappa shape index (κ3) is 3.57. The molecule has 1 aliphatic carbocycles. The predicted molar refractivity (Wildman–Crippen MR) is 52.1 cm³/mol. The van der Waals surface area contributed by atoms with Gasteiger partial charge in [-0.25, -0.2) is 0 Å². The highest BCUT2D eigenvalue weighted by atomic mass is 16.3. The van der Waals surface area contributed by atoms with Gasteiger partial charge in [0.15, 0.2) is 0 Å². The van der Waals surface area contributed by atoms with Crippen LogP contribution in [-0.4, -0.2) is 11.2 Å². The lowest BCUT2D eigenvalue weighted by Gasteiger charge is -2.15. The maximum absolute atomic E-state index is 9.56. The highest BCUT2D eigenvalue weighted by Gasteiger charge is 2.17. The molecule has 0 radical (unpaired) electrons. The second-order valence-electron chi connectivity index (χ2n) is 4.18. The Bertz CT molecular complexity index is 112. The van der Waals surface area contributed by atoms with Gasteiger partial charge in [0, 0.05) is 0 Å². The van der Waals surface area contributed by atoms with Crippen LogP contribution in [0.25, 0.3) is 0 Å². The SMILES string of the molecule is CCCCC1CCCCC(O)C1. The number of aliphatic hydroxyl groups is 1. The van der Waals surface area contributed by atoms with Crippen molar-refractivity contribution in [3.63, 3.8) is 0 Å². The van der Waals surface area contributed by atoms with E-state index >= 15 is 0 Å². The van der Waals surface area contributed by atoms with Crippen LogP contribution in [0.3, 0.4) is 0 Å². The maximum Gasteiger partial charge on any atom is 0.0542 e. The summed E-state index contributed by atoms with van der Waals surface area (Å²) in [5.74, 6) is 0.822. The summed E-state index contributed by atoms with van der Waals surface area (Å²) < 4.78 is 0. The smallest absolute Gasteiger partial charge is 0.0542 e. The Labute approximate surface area is 76.2 Å². The molecule has 0 heterocycles. The van der Waals surface area contributed by atoms with Crippen molar-refractivity contribution in [1.82, 2.24) is 0 Å². The van der Waals surface area contributed by atoms with Gasteiger partial charge in [-0.1, -0.05) is 45.4 Å². The van der Waals surface area contributed by atoms with Crippen LogP contribution in [0.15, 0.2) is 0 Å². The summed E-state index contributed by atoms with van der Waals surface area (Å²) in [6, 6.07) is 0. The summed E-state index contributed by atoms with van der Waals surface area (Å²) in [7, 11) is 0. The molecule has 1 rings (SSSR count). The third-order valence-corrected chi connectivity index (χ3v) is 2.97. The van der Waals surface area contributed by atoms with E-state index in [2.05, 4.69) is 6.92 Å². The molecule has 0 aromatic carbocycles. The second kappa shape index (κ2) is 5.58. The quantitative estimate of drug-likeness (QED) is 0.645. The first-order valence-electron chi connectivity index (χ1n) is 5.51. The Morgan fingerprint density at radius 1 is 1.25 bits per heavy atom. The molecule has 72 valence electrons. The number of hydrogen-bond donors (Lipinski definition) is 1. The summed E-state index contributed by atoms with van der Waals surface area (Å²) in [5.41, 5.74) is 0. The fourth-order valence-corrected chi connectivity index (χ4v) is 2.19. The monoisotopic (exact) mass is 170 g/mol. The summed E-state index contributed by atoms with van der Waals surface area (Å²) in [6.07, 6.45) is 10.0. The van der Waals surface area contributed by atoms with E-state index in [-0.39, 0.29) is 6.10 Å². The van der Waals surface area contributed by atoms with Crippen LogP contribution in [0.2, 0.25) is 0 Å². The molecule has 0 amide bonds. The van der Waals surface area contributed by atoms with Gasteiger partial charge in [-0.2, -0.15) is 0 Å². The molecular weight excluding hydrogens is 148 g/mol. The van der Waals surface area contributed by atoms with Gasteiger partial charge in [0.25, 0.3) is 0 Å². The van der Waals surface area contributed by atoms with E-state index in [1.54, 1.807) is 0 Å². The second-order valence-corrected chi connectivity index (χ2v) is 4.18. The zero-order valence-corrected chi connectivity index (χ0v) is 8.26. The average Bonchev–Trinajstić information content (AvgIpc) is 2.26. The van der Waals surface area contributed by atoms with E-state index in [0.717, 1.165) is 18.8 Å². The Kier molecular flexibility index (Phi) is 4.67. The van der Waals surface area contributed by atoms with Crippen molar-refractivity contribution in [2.75, 3.05) is 0 Å². The lowest BCUT2D eigenvalue weighted by molar-refractivity contribution is 0.139. The molecule has 0 saturated heterocycles. The topological polar surface area (TPSA) is 20.2 Å². The van der Waals surface area contributed by atoms with Gasteiger partial charge >= 0.3 is 0 Å². The molecule has 0 aliphatic heterocycles. The third-order valence-electron chi connectivity index (χ3n) is 2.97. The van der Waals surface area contributed by atoms with Gasteiger partial charge in [-0.15, -0.1) is 0 Å². The zero-order chi connectivity index (χ0) is 8.81. The highest BCUT2D eigenvalue weighted by Crippen LogP contribution is 2.26. The fourth-order valence-electron chi connectivity index (χ4n) is 2.19. The van der Waals surface area contributed by atoms with E-state index in [4.69, 9.17) is 0 Å². The van der Waals surface area contributed by atoms with Gasteiger partial charge in [0.1, 0.15) is 0 Å². The van der Waals surface area contributed by atoms with E-state index in [1.807, 2.05) is 0 Å². The number of rotatable bonds is 3. The van der Waals surface area contributed by atoms with Crippen molar-refractivity contribution in [1.29, 1.82) is 0 Å². The minimum Gasteiger partial charge on any atom is -0.393 e. The van der Waals surface area contributed by atoms with E-state index in [0.29, 0.717) is 0 Å². The summed E-state index contributed by atoms with van der Waals surface area (Å²) >= 11 is 0. The van der Waals surface area contributed by atoms with Crippen molar-refractivity contribution >= 4 is 0 Å². The Morgan fingerprint density at radius 2 is 2.00 bits per heavy atom.